The molecule has 2 aromatic carbocycles. The van der Waals surface area contributed by atoms with Gasteiger partial charge in [0, 0.05) is 24.3 Å². The molecule has 0 fully saturated rings. The summed E-state index contributed by atoms with van der Waals surface area (Å²) in [6, 6.07) is 9.73. The molecule has 0 aliphatic rings. The van der Waals surface area contributed by atoms with Crippen molar-refractivity contribution >= 4 is 5.69 Å². The number of ether oxygens (including phenoxy) is 1. The number of halogens is 2. The van der Waals surface area contributed by atoms with Crippen molar-refractivity contribution in [2.45, 2.75) is 0 Å². The van der Waals surface area contributed by atoms with Crippen LogP contribution >= 0.6 is 0 Å². The van der Waals surface area contributed by atoms with Gasteiger partial charge >= 0.3 is 5.69 Å². The van der Waals surface area contributed by atoms with Gasteiger partial charge in [0.2, 0.25) is 5.82 Å². The largest absolute Gasteiger partial charge is 0.457 e. The van der Waals surface area contributed by atoms with E-state index in [1.807, 2.05) is 0 Å². The fraction of sp³-hybridized carbons (Fsp3) is 0. The van der Waals surface area contributed by atoms with E-state index in [0.29, 0.717) is 0 Å². The van der Waals surface area contributed by atoms with Gasteiger partial charge in [0.05, 0.1) is 4.91 Å². The zero-order chi connectivity index (χ0) is 13.1. The molecule has 91 valence electrons. The standard InChI is InChI=1S/C12H8F2N2O2/c13-8-2-1-3-9(6-8)18-10-4-5-12(16(15)17)11(14)7-10/h1,3-7H,(H2,15,17)/q+1. The molecule has 0 spiro atoms. The van der Waals surface area contributed by atoms with E-state index in [0.717, 1.165) is 12.1 Å². The van der Waals surface area contributed by atoms with Crippen LogP contribution < -0.4 is 10.6 Å². The van der Waals surface area contributed by atoms with Crippen molar-refractivity contribution in [1.82, 2.24) is 0 Å². The summed E-state index contributed by atoms with van der Waals surface area (Å²) in [5.74, 6) is 3.80. The van der Waals surface area contributed by atoms with E-state index in [9.17, 15) is 13.7 Å². The van der Waals surface area contributed by atoms with Gasteiger partial charge in [-0.2, -0.15) is 10.2 Å². The first-order valence-corrected chi connectivity index (χ1v) is 4.93. The fourth-order valence-electron chi connectivity index (χ4n) is 1.35. The van der Waals surface area contributed by atoms with Crippen molar-refractivity contribution in [2.24, 2.45) is 5.84 Å². The smallest absolute Gasteiger partial charge is 0.327 e. The lowest BCUT2D eigenvalue weighted by Crippen LogP contribution is -2.10. The molecule has 0 atom stereocenters. The van der Waals surface area contributed by atoms with Gasteiger partial charge in [-0.05, 0) is 18.2 Å². The van der Waals surface area contributed by atoms with Crippen LogP contribution in [-0.2, 0) is 0 Å². The third kappa shape index (κ3) is 2.60. The second kappa shape index (κ2) is 4.79. The third-order valence-electron chi connectivity index (χ3n) is 2.13. The lowest BCUT2D eigenvalue weighted by molar-refractivity contribution is -0.476. The molecule has 2 rings (SSSR count). The quantitative estimate of drug-likeness (QED) is 0.517. The molecule has 0 aliphatic heterocycles. The fourth-order valence-corrected chi connectivity index (χ4v) is 1.35. The van der Waals surface area contributed by atoms with Crippen LogP contribution in [-0.4, -0.2) is 4.87 Å². The molecule has 0 unspecified atom stereocenters. The molecule has 6 heteroatoms. The molecule has 1 radical (unpaired) electrons. The topological polar surface area (TPSA) is 55.3 Å². The van der Waals surface area contributed by atoms with Gasteiger partial charge in [-0.15, -0.1) is 0 Å². The highest BCUT2D eigenvalue weighted by Crippen LogP contribution is 2.26. The molecule has 0 saturated carbocycles. The van der Waals surface area contributed by atoms with Gasteiger partial charge in [0.15, 0.2) is 4.87 Å². The summed E-state index contributed by atoms with van der Waals surface area (Å²) in [5.41, 5.74) is -0.310. The predicted octanol–water partition coefficient (Wildman–Crippen LogP) is 2.84. The lowest BCUT2D eigenvalue weighted by atomic mass is 10.3. The molecule has 0 aliphatic carbocycles. The van der Waals surface area contributed by atoms with E-state index in [2.05, 4.69) is 6.07 Å². The van der Waals surface area contributed by atoms with Crippen LogP contribution in [0.25, 0.3) is 0 Å². The first-order chi connectivity index (χ1) is 8.56. The minimum atomic E-state index is -0.826. The number of rotatable bonds is 3. The van der Waals surface area contributed by atoms with Gasteiger partial charge in [-0.1, -0.05) is 0 Å². The molecule has 0 saturated heterocycles. The second-order valence-corrected chi connectivity index (χ2v) is 3.41. The molecule has 0 aromatic heterocycles. The predicted molar refractivity (Wildman–Crippen MR) is 59.2 cm³/mol. The van der Waals surface area contributed by atoms with Gasteiger partial charge in [0.25, 0.3) is 0 Å². The third-order valence-corrected chi connectivity index (χ3v) is 2.13. The maximum Gasteiger partial charge on any atom is 0.327 e. The Morgan fingerprint density at radius 2 is 1.89 bits per heavy atom. The molecule has 4 nitrogen and oxygen atoms in total. The summed E-state index contributed by atoms with van der Waals surface area (Å²) < 4.78 is 31.5. The second-order valence-electron chi connectivity index (χ2n) is 3.41. The molecule has 18 heavy (non-hydrogen) atoms. The highest BCUT2D eigenvalue weighted by atomic mass is 19.1. The van der Waals surface area contributed by atoms with Crippen LogP contribution in [0.5, 0.6) is 11.5 Å². The lowest BCUT2D eigenvalue weighted by Gasteiger charge is -2.05. The van der Waals surface area contributed by atoms with Crippen LogP contribution in [0.4, 0.5) is 14.5 Å². The number of hydrogen-bond donors (Lipinski definition) is 1. The number of hydrazine groups is 1. The number of nitrogens with two attached hydrogens (primary N) is 1. The molecular weight excluding hydrogens is 242 g/mol. The van der Waals surface area contributed by atoms with E-state index in [1.165, 1.54) is 24.3 Å². The van der Waals surface area contributed by atoms with Crippen molar-refractivity contribution < 1.29 is 18.4 Å². The zero-order valence-electron chi connectivity index (χ0n) is 9.06. The van der Waals surface area contributed by atoms with Gasteiger partial charge in [-0.25, -0.2) is 4.39 Å². The summed E-state index contributed by atoms with van der Waals surface area (Å²) >= 11 is 0. The van der Waals surface area contributed by atoms with Crippen molar-refractivity contribution in [3.63, 3.8) is 0 Å². The number of nitroso groups, excluding NO2 is 1. The summed E-state index contributed by atoms with van der Waals surface area (Å²) in [5, 5.41) is 0. The molecule has 0 amide bonds. The number of hydrogen-bond acceptors (Lipinski definition) is 2. The Bertz CT molecular complexity index is 602. The van der Waals surface area contributed by atoms with E-state index in [4.69, 9.17) is 10.6 Å². The highest BCUT2D eigenvalue weighted by molar-refractivity contribution is 5.39. The highest BCUT2D eigenvalue weighted by Gasteiger charge is 2.17. The van der Waals surface area contributed by atoms with Crippen molar-refractivity contribution in [3.05, 3.63) is 59.0 Å². The Morgan fingerprint density at radius 1 is 1.17 bits per heavy atom. The van der Waals surface area contributed by atoms with Crippen LogP contribution in [0.1, 0.15) is 0 Å². The summed E-state index contributed by atoms with van der Waals surface area (Å²) in [6.45, 7) is 0. The van der Waals surface area contributed by atoms with E-state index in [1.54, 1.807) is 0 Å². The molecule has 0 heterocycles. The van der Waals surface area contributed by atoms with Gasteiger partial charge < -0.3 is 4.74 Å². The van der Waals surface area contributed by atoms with Crippen LogP contribution in [0, 0.1) is 22.6 Å². The molecule has 2 N–H and O–H groups in total. The number of nitrogens with zero attached hydrogens (tertiary/aromatic N) is 1. The Kier molecular flexibility index (Phi) is 3.18. The monoisotopic (exact) mass is 250 g/mol. The van der Waals surface area contributed by atoms with Crippen molar-refractivity contribution in [2.75, 3.05) is 0 Å². The maximum absolute atomic E-state index is 13.4. The Morgan fingerprint density at radius 3 is 2.50 bits per heavy atom. The van der Waals surface area contributed by atoms with Crippen molar-refractivity contribution in [1.29, 1.82) is 0 Å². The molecule has 0 bridgehead atoms. The van der Waals surface area contributed by atoms with E-state index in [-0.39, 0.29) is 22.1 Å². The average molecular weight is 250 g/mol. The van der Waals surface area contributed by atoms with Crippen LogP contribution in [0.3, 0.4) is 0 Å². The average Bonchev–Trinajstić information content (AvgIpc) is 2.28. The normalized spacial score (nSPS) is 10.1. The van der Waals surface area contributed by atoms with Gasteiger partial charge in [-0.3, -0.25) is 0 Å². The SMILES string of the molecule is N[N+](=O)c1ccc(Oc2cc[c]c(F)c2)cc1F. The first kappa shape index (κ1) is 12.0. The first-order valence-electron chi connectivity index (χ1n) is 4.93. The Labute approximate surface area is 101 Å². The molecule has 2 aromatic rings. The van der Waals surface area contributed by atoms with Crippen LogP contribution in [0.2, 0.25) is 0 Å². The van der Waals surface area contributed by atoms with Gasteiger partial charge in [0.1, 0.15) is 17.3 Å². The summed E-state index contributed by atoms with van der Waals surface area (Å²) in [7, 11) is 0. The minimum absolute atomic E-state index is 0.0870. The van der Waals surface area contributed by atoms with Crippen molar-refractivity contribution in [3.8, 4) is 11.5 Å². The van der Waals surface area contributed by atoms with E-state index < -0.39 is 11.6 Å². The zero-order valence-corrected chi connectivity index (χ0v) is 9.06. The minimum Gasteiger partial charge on any atom is -0.457 e. The Balaban J connectivity index is 2.25. The summed E-state index contributed by atoms with van der Waals surface area (Å²) in [4.78, 5) is 10.7. The number of benzene rings is 2. The molecular formula is C12H8F2N2O2+. The Hall–Kier alpha value is -2.50. The maximum atomic E-state index is 13.4. The van der Waals surface area contributed by atoms with Crippen LogP contribution in [0.15, 0.2) is 36.4 Å². The van der Waals surface area contributed by atoms with E-state index >= 15 is 0 Å². The summed E-state index contributed by atoms with van der Waals surface area (Å²) in [6.07, 6.45) is 0.